The number of carbonyl (C=O) groups is 4. The van der Waals surface area contributed by atoms with Crippen LogP contribution in [-0.4, -0.2) is 60.3 Å². The van der Waals surface area contributed by atoms with E-state index in [2.05, 4.69) is 0 Å². The number of carbonyl (C=O) groups excluding carboxylic acids is 4. The van der Waals surface area contributed by atoms with E-state index in [1.807, 2.05) is 0 Å². The van der Waals surface area contributed by atoms with E-state index in [1.54, 1.807) is 0 Å². The predicted octanol–water partition coefficient (Wildman–Crippen LogP) is -3.38. The minimum Gasteiger partial charge on any atom is -0.757 e. The molecule has 0 amide bonds. The maximum Gasteiger partial charge on any atom is 1.00 e. The Labute approximate surface area is 172 Å². The van der Waals surface area contributed by atoms with Gasteiger partial charge in [0.25, 0.3) is 0 Å². The van der Waals surface area contributed by atoms with Crippen molar-refractivity contribution in [3.05, 3.63) is 0 Å². The van der Waals surface area contributed by atoms with Crippen LogP contribution in [0.15, 0.2) is 0 Å². The number of esters is 4. The fraction of sp³-hybridized carbons (Fsp3) is 0.714. The summed E-state index contributed by atoms with van der Waals surface area (Å²) in [6, 6.07) is 0. The summed E-state index contributed by atoms with van der Waals surface area (Å²) in [5.74, 6) is -2.62. The van der Waals surface area contributed by atoms with Gasteiger partial charge in [-0.15, -0.1) is 0 Å². The zero-order valence-electron chi connectivity index (χ0n) is 14.7. The third-order valence-corrected chi connectivity index (χ3v) is 3.33. The Hall–Kier alpha value is -0.810. The van der Waals surface area contributed by atoms with E-state index < -0.39 is 53.7 Å². The molecule has 0 aliphatic carbocycles. The monoisotopic (exact) mass is 386 g/mol. The smallest absolute Gasteiger partial charge is 0.757 e. The summed E-state index contributed by atoms with van der Waals surface area (Å²) in [7, 11) is 0. The maximum absolute atomic E-state index is 11.4. The molecule has 25 heavy (non-hydrogen) atoms. The molecule has 11 heteroatoms. The molecule has 2 unspecified atom stereocenters. The summed E-state index contributed by atoms with van der Waals surface area (Å²) in [6.45, 7) is 4.36. The Morgan fingerprint density at radius 3 is 1.68 bits per heavy atom. The zero-order valence-corrected chi connectivity index (χ0v) is 17.5. The Bertz CT molecular complexity index is 513. The molecule has 1 fully saturated rings. The molecular weight excluding hydrogens is 367 g/mol. The molecular formula is C14H19NaO9S. The van der Waals surface area contributed by atoms with E-state index in [9.17, 15) is 19.2 Å². The van der Waals surface area contributed by atoms with Crippen LogP contribution in [0, 0.1) is 0 Å². The van der Waals surface area contributed by atoms with Gasteiger partial charge in [0.1, 0.15) is 18.8 Å². The van der Waals surface area contributed by atoms with Gasteiger partial charge in [0.15, 0.2) is 12.2 Å². The van der Waals surface area contributed by atoms with Gasteiger partial charge in [0, 0.05) is 27.7 Å². The van der Waals surface area contributed by atoms with Crippen molar-refractivity contribution in [3.8, 4) is 0 Å². The normalized spacial score (nSPS) is 28.1. The molecule has 0 aromatic carbocycles. The van der Waals surface area contributed by atoms with Crippen LogP contribution in [0.1, 0.15) is 27.7 Å². The molecule has 0 aromatic heterocycles. The average Bonchev–Trinajstić information content (AvgIpc) is 2.42. The molecule has 1 aliphatic heterocycles. The number of hydrogen-bond acceptors (Lipinski definition) is 10. The summed E-state index contributed by atoms with van der Waals surface area (Å²) in [6.07, 6.45) is -4.47. The van der Waals surface area contributed by atoms with Crippen molar-refractivity contribution in [1.82, 2.24) is 0 Å². The molecule has 0 bridgehead atoms. The molecule has 0 N–H and O–H groups in total. The Morgan fingerprint density at radius 2 is 1.24 bits per heavy atom. The first-order valence-corrected chi connectivity index (χ1v) is 7.55. The molecule has 1 rings (SSSR count). The fourth-order valence-corrected chi connectivity index (χ4v) is 2.54. The molecule has 5 atom stereocenters. The summed E-state index contributed by atoms with van der Waals surface area (Å²) in [4.78, 5) is 45.0. The van der Waals surface area contributed by atoms with E-state index in [1.165, 1.54) is 6.92 Å². The van der Waals surface area contributed by atoms with Gasteiger partial charge in [-0.1, -0.05) is 0 Å². The van der Waals surface area contributed by atoms with Crippen molar-refractivity contribution >= 4 is 36.5 Å². The van der Waals surface area contributed by atoms with Crippen molar-refractivity contribution < 1.29 is 72.4 Å². The Morgan fingerprint density at radius 1 is 0.800 bits per heavy atom. The zero-order chi connectivity index (χ0) is 18.4. The first-order chi connectivity index (χ1) is 11.1. The van der Waals surface area contributed by atoms with Crippen LogP contribution < -0.4 is 29.6 Å². The second-order valence-electron chi connectivity index (χ2n) is 5.07. The van der Waals surface area contributed by atoms with E-state index in [-0.39, 0.29) is 36.2 Å². The maximum atomic E-state index is 11.4. The molecule has 1 aliphatic rings. The molecule has 0 saturated carbocycles. The first kappa shape index (κ1) is 24.2. The minimum absolute atomic E-state index is 0. The number of ether oxygens (including phenoxy) is 5. The molecule has 9 nitrogen and oxygen atoms in total. The first-order valence-electron chi connectivity index (χ1n) is 7.08. The van der Waals surface area contributed by atoms with E-state index >= 15 is 0 Å². The topological polar surface area (TPSA) is 114 Å². The van der Waals surface area contributed by atoms with Gasteiger partial charge >= 0.3 is 53.4 Å². The van der Waals surface area contributed by atoms with Crippen molar-refractivity contribution in [2.75, 3.05) is 6.61 Å². The van der Waals surface area contributed by atoms with Crippen LogP contribution in [0.3, 0.4) is 0 Å². The quantitative estimate of drug-likeness (QED) is 0.205. The predicted molar refractivity (Wildman–Crippen MR) is 79.3 cm³/mol. The van der Waals surface area contributed by atoms with Crippen LogP contribution in [0.2, 0.25) is 0 Å². The van der Waals surface area contributed by atoms with Gasteiger partial charge < -0.3 is 36.3 Å². The van der Waals surface area contributed by atoms with Gasteiger partial charge in [-0.3, -0.25) is 19.2 Å². The van der Waals surface area contributed by atoms with Crippen molar-refractivity contribution in [2.24, 2.45) is 0 Å². The van der Waals surface area contributed by atoms with Crippen LogP contribution in [0.5, 0.6) is 0 Å². The molecule has 0 aromatic rings. The molecule has 0 spiro atoms. The Kier molecular flexibility index (Phi) is 10.7. The molecule has 1 heterocycles. The SMILES string of the molecule is CC(=O)OCC1O[C@@H]([S-])C(OC(C)=O)[C@H](OC(C)=O)[C@H]1OC(C)=O.[Na+]. The van der Waals surface area contributed by atoms with Crippen LogP contribution in [0.4, 0.5) is 0 Å². The summed E-state index contributed by atoms with van der Waals surface area (Å²) in [5.41, 5.74) is -1.09. The van der Waals surface area contributed by atoms with Crippen molar-refractivity contribution in [1.29, 1.82) is 0 Å². The average molecular weight is 386 g/mol. The van der Waals surface area contributed by atoms with Gasteiger partial charge in [0.05, 0.1) is 0 Å². The minimum atomic E-state index is -1.19. The molecule has 0 radical (unpaired) electrons. The van der Waals surface area contributed by atoms with E-state index in [0.717, 1.165) is 20.8 Å². The standard InChI is InChI=1S/C14H20O9S.Na/c1-6(15)19-5-10-11(20-7(2)16)12(21-8(3)17)13(14(24)23-10)22-9(4)18;/h10-14,24H,5H2,1-4H3;/q;+1/p-1/t10?,11-,12+,13?,14-;/m0./s1. The number of rotatable bonds is 5. The van der Waals surface area contributed by atoms with Crippen LogP contribution >= 0.6 is 0 Å². The van der Waals surface area contributed by atoms with Gasteiger partial charge in [-0.2, -0.15) is 0 Å². The van der Waals surface area contributed by atoms with E-state index in [4.69, 9.17) is 36.3 Å². The van der Waals surface area contributed by atoms with E-state index in [0.29, 0.717) is 0 Å². The third kappa shape index (κ3) is 7.95. The number of hydrogen-bond donors (Lipinski definition) is 0. The van der Waals surface area contributed by atoms with Gasteiger partial charge in [-0.05, 0) is 5.44 Å². The van der Waals surface area contributed by atoms with Crippen molar-refractivity contribution in [3.63, 3.8) is 0 Å². The Balaban J connectivity index is 0.00000576. The summed E-state index contributed by atoms with van der Waals surface area (Å²) >= 11 is 5.11. The third-order valence-electron chi connectivity index (χ3n) is 2.95. The second kappa shape index (κ2) is 11.0. The largest absolute Gasteiger partial charge is 1.00 e. The van der Waals surface area contributed by atoms with Crippen LogP contribution in [0.25, 0.3) is 0 Å². The van der Waals surface area contributed by atoms with Crippen LogP contribution in [-0.2, 0) is 55.5 Å². The van der Waals surface area contributed by atoms with Crippen molar-refractivity contribution in [2.45, 2.75) is 57.5 Å². The molecule has 136 valence electrons. The molecule has 1 saturated heterocycles. The fourth-order valence-electron chi connectivity index (χ4n) is 2.19. The van der Waals surface area contributed by atoms with Gasteiger partial charge in [-0.25, -0.2) is 0 Å². The summed E-state index contributed by atoms with van der Waals surface area (Å²) < 4.78 is 25.7. The van der Waals surface area contributed by atoms with Gasteiger partial charge in [0.2, 0.25) is 0 Å². The second-order valence-corrected chi connectivity index (χ2v) is 5.53. The summed E-state index contributed by atoms with van der Waals surface area (Å²) in [5, 5.41) is 0.